The lowest BCUT2D eigenvalue weighted by Crippen LogP contribution is -2.68. The van der Waals surface area contributed by atoms with E-state index in [4.69, 9.17) is 4.74 Å². The van der Waals surface area contributed by atoms with Gasteiger partial charge in [-0.25, -0.2) is 15.0 Å². The van der Waals surface area contributed by atoms with Crippen LogP contribution in [0.15, 0.2) is 12.7 Å². The Hall–Kier alpha value is -2.91. The number of imidazole rings is 1. The Morgan fingerprint density at radius 1 is 0.932 bits per heavy atom. The number of hydrogen-bond donors (Lipinski definition) is 8. The van der Waals surface area contributed by atoms with E-state index in [1.807, 2.05) is 0 Å². The average molecular weight is 622 g/mol. The molecule has 1 fully saturated rings. The van der Waals surface area contributed by atoms with Crippen molar-refractivity contribution in [3.05, 3.63) is 12.7 Å². The van der Waals surface area contributed by atoms with Gasteiger partial charge in [0.2, 0.25) is 11.8 Å². The Balaban J connectivity index is 1.35. The monoisotopic (exact) mass is 621 g/mol. The number of carbonyl (C=O) groups excluding carboxylic acids is 2. The fraction of sp³-hybridized carbons (Fsp3) is 0.767. The largest absolute Gasteiger partial charge is 0.394 e. The summed E-state index contributed by atoms with van der Waals surface area (Å²) in [4.78, 5) is 39.9. The molecule has 2 amide bonds. The highest BCUT2D eigenvalue weighted by Gasteiger charge is 2.48. The fourth-order valence-corrected chi connectivity index (χ4v) is 5.41. The molecule has 14 heteroatoms. The topological polar surface area (TPSA) is 215 Å². The van der Waals surface area contributed by atoms with Gasteiger partial charge in [-0.2, -0.15) is 0 Å². The van der Waals surface area contributed by atoms with Crippen LogP contribution in [-0.4, -0.2) is 102 Å². The number of unbranched alkanes of at least 4 members (excludes halogenated alkanes) is 9. The summed E-state index contributed by atoms with van der Waals surface area (Å²) < 4.78 is 5.79. The average Bonchev–Trinajstić information content (AvgIpc) is 3.50. The number of aliphatic hydroxyl groups is 4. The van der Waals surface area contributed by atoms with E-state index in [1.54, 1.807) is 0 Å². The quantitative estimate of drug-likeness (QED) is 0.0992. The van der Waals surface area contributed by atoms with Crippen molar-refractivity contribution in [1.82, 2.24) is 30.6 Å². The van der Waals surface area contributed by atoms with Crippen LogP contribution in [0.2, 0.25) is 0 Å². The van der Waals surface area contributed by atoms with Gasteiger partial charge in [-0.3, -0.25) is 9.59 Å². The van der Waals surface area contributed by atoms with Gasteiger partial charge in [0.15, 0.2) is 17.7 Å². The molecule has 248 valence electrons. The van der Waals surface area contributed by atoms with E-state index in [-0.39, 0.29) is 18.3 Å². The summed E-state index contributed by atoms with van der Waals surface area (Å²) in [5.41, 5.74) is 0.794. The summed E-state index contributed by atoms with van der Waals surface area (Å²) in [5.74, 6) is 0.126. The Bertz CT molecular complexity index is 1130. The minimum atomic E-state index is -1.59. The first-order valence-corrected chi connectivity index (χ1v) is 16.0. The molecule has 0 bridgehead atoms. The molecule has 1 aliphatic heterocycles. The Morgan fingerprint density at radius 3 is 2.25 bits per heavy atom. The molecule has 0 spiro atoms. The van der Waals surface area contributed by atoms with Crippen molar-refractivity contribution in [2.75, 3.05) is 18.5 Å². The van der Waals surface area contributed by atoms with Crippen LogP contribution in [0.25, 0.3) is 11.2 Å². The molecule has 14 nitrogen and oxygen atoms in total. The fourth-order valence-electron chi connectivity index (χ4n) is 5.41. The first-order valence-electron chi connectivity index (χ1n) is 16.0. The SMILES string of the molecule is CC(C)CCCCCCCCCCCCC(=O)NCC(=O)N[C@@H]1[C@@H](O)[C@H](O)[C@H](Nc2ncnc3nc[nH]c23)O[C@H]1[C@@H](O)CO. The molecule has 0 saturated carbocycles. The van der Waals surface area contributed by atoms with Gasteiger partial charge in [-0.05, 0) is 12.3 Å². The van der Waals surface area contributed by atoms with Gasteiger partial charge in [-0.1, -0.05) is 78.1 Å². The molecule has 0 aromatic carbocycles. The predicted molar refractivity (Wildman–Crippen MR) is 164 cm³/mol. The van der Waals surface area contributed by atoms with Crippen LogP contribution >= 0.6 is 0 Å². The maximum absolute atomic E-state index is 12.6. The number of aliphatic hydroxyl groups excluding tert-OH is 4. The molecule has 0 unspecified atom stereocenters. The highest BCUT2D eigenvalue weighted by molar-refractivity contribution is 5.85. The number of amides is 2. The summed E-state index contributed by atoms with van der Waals surface area (Å²) >= 11 is 0. The van der Waals surface area contributed by atoms with Crippen LogP contribution in [0.4, 0.5) is 5.82 Å². The second-order valence-electron chi connectivity index (χ2n) is 12.1. The molecule has 3 rings (SSSR count). The van der Waals surface area contributed by atoms with Crippen LogP contribution in [0.3, 0.4) is 0 Å². The number of carbonyl (C=O) groups is 2. The summed E-state index contributed by atoms with van der Waals surface area (Å²) in [7, 11) is 0. The van der Waals surface area contributed by atoms with Gasteiger partial charge in [-0.15, -0.1) is 0 Å². The molecule has 3 heterocycles. The Kier molecular flexibility index (Phi) is 15.2. The van der Waals surface area contributed by atoms with Gasteiger partial charge in [0.1, 0.15) is 36.3 Å². The van der Waals surface area contributed by atoms with E-state index in [1.165, 1.54) is 57.6 Å². The molecule has 44 heavy (non-hydrogen) atoms. The minimum Gasteiger partial charge on any atom is -0.394 e. The van der Waals surface area contributed by atoms with Crippen molar-refractivity contribution in [2.45, 2.75) is 128 Å². The first kappa shape index (κ1) is 35.6. The van der Waals surface area contributed by atoms with E-state index >= 15 is 0 Å². The van der Waals surface area contributed by atoms with Crippen LogP contribution in [0.5, 0.6) is 0 Å². The zero-order valence-electron chi connectivity index (χ0n) is 26.0. The third-order valence-corrected chi connectivity index (χ3v) is 7.96. The van der Waals surface area contributed by atoms with Crippen molar-refractivity contribution in [3.63, 3.8) is 0 Å². The normalized spacial score (nSPS) is 22.7. The Labute approximate surface area is 258 Å². The van der Waals surface area contributed by atoms with Gasteiger partial charge in [0, 0.05) is 6.42 Å². The molecule has 1 saturated heterocycles. The Morgan fingerprint density at radius 2 is 1.59 bits per heavy atom. The van der Waals surface area contributed by atoms with Crippen LogP contribution in [0, 0.1) is 5.92 Å². The second-order valence-corrected chi connectivity index (χ2v) is 12.1. The number of anilines is 1. The number of nitrogens with zero attached hydrogens (tertiary/aromatic N) is 3. The van der Waals surface area contributed by atoms with E-state index < -0.39 is 49.2 Å². The van der Waals surface area contributed by atoms with Crippen molar-refractivity contribution in [1.29, 1.82) is 0 Å². The summed E-state index contributed by atoms with van der Waals surface area (Å²) in [6.07, 6.45) is 8.79. The number of H-pyrrole nitrogens is 1. The predicted octanol–water partition coefficient (Wildman–Crippen LogP) is 1.50. The lowest BCUT2D eigenvalue weighted by atomic mass is 9.92. The number of ether oxygens (including phenoxy) is 1. The molecule has 0 aliphatic carbocycles. The van der Waals surface area contributed by atoms with E-state index in [9.17, 15) is 30.0 Å². The molecule has 8 N–H and O–H groups in total. The van der Waals surface area contributed by atoms with Crippen molar-refractivity contribution in [2.24, 2.45) is 5.92 Å². The number of aromatic amines is 1. The lowest BCUT2D eigenvalue weighted by Gasteiger charge is -2.44. The van der Waals surface area contributed by atoms with Gasteiger partial charge in [0.25, 0.3) is 0 Å². The number of fused-ring (bicyclic) bond motifs is 1. The molecule has 6 atom stereocenters. The molecular formula is C30H51N7O7. The molecular weight excluding hydrogens is 570 g/mol. The van der Waals surface area contributed by atoms with E-state index in [2.05, 4.69) is 49.7 Å². The third-order valence-electron chi connectivity index (χ3n) is 7.96. The lowest BCUT2D eigenvalue weighted by molar-refractivity contribution is -0.204. The third kappa shape index (κ3) is 11.2. The standard InChI is InChI=1S/C30H51N7O7/c1-19(2)13-11-9-7-5-3-4-6-8-10-12-14-21(40)31-15-22(41)36-23-25(42)26(43)30(44-27(23)20(39)16-38)37-29-24-28(33-17-32-24)34-18-35-29/h17-20,23,25-27,30,38-39,42-43H,3-16H2,1-2H3,(H,31,40)(H,36,41)(H2,32,33,34,35,37)/t20-,23+,25+,26-,27-,30+/m0/s1. The minimum absolute atomic E-state index is 0.231. The van der Waals surface area contributed by atoms with Crippen molar-refractivity contribution >= 4 is 28.8 Å². The summed E-state index contributed by atoms with van der Waals surface area (Å²) in [6.45, 7) is 3.47. The highest BCUT2D eigenvalue weighted by Crippen LogP contribution is 2.26. The molecule has 2 aromatic heterocycles. The number of hydrogen-bond acceptors (Lipinski definition) is 11. The van der Waals surface area contributed by atoms with Gasteiger partial charge < -0.3 is 46.1 Å². The van der Waals surface area contributed by atoms with Crippen LogP contribution in [-0.2, 0) is 14.3 Å². The number of rotatable bonds is 20. The van der Waals surface area contributed by atoms with Gasteiger partial charge in [0.05, 0.1) is 25.5 Å². The maximum atomic E-state index is 12.6. The van der Waals surface area contributed by atoms with E-state index in [0.717, 1.165) is 31.6 Å². The van der Waals surface area contributed by atoms with Crippen LogP contribution < -0.4 is 16.0 Å². The molecule has 2 aromatic rings. The van der Waals surface area contributed by atoms with E-state index in [0.29, 0.717) is 17.6 Å². The summed E-state index contributed by atoms with van der Waals surface area (Å²) in [5, 5.41) is 49.6. The molecule has 0 radical (unpaired) electrons. The van der Waals surface area contributed by atoms with Crippen molar-refractivity contribution < 1.29 is 34.8 Å². The number of aromatic nitrogens is 4. The zero-order valence-corrected chi connectivity index (χ0v) is 26.0. The number of nitrogens with one attached hydrogen (secondary N) is 4. The molecule has 1 aliphatic rings. The second kappa shape index (κ2) is 18.8. The maximum Gasteiger partial charge on any atom is 0.239 e. The van der Waals surface area contributed by atoms with Gasteiger partial charge >= 0.3 is 0 Å². The first-order chi connectivity index (χ1) is 21.2. The smallest absolute Gasteiger partial charge is 0.239 e. The summed E-state index contributed by atoms with van der Waals surface area (Å²) in [6, 6.07) is -1.27. The highest BCUT2D eigenvalue weighted by atomic mass is 16.5. The van der Waals surface area contributed by atoms with Crippen LogP contribution in [0.1, 0.15) is 90.9 Å². The van der Waals surface area contributed by atoms with Crippen molar-refractivity contribution in [3.8, 4) is 0 Å². The zero-order chi connectivity index (χ0) is 31.9.